The molecule has 23 heavy (non-hydrogen) atoms. The third-order valence-electron chi connectivity index (χ3n) is 3.35. The van der Waals surface area contributed by atoms with Crippen LogP contribution in [0.2, 0.25) is 0 Å². The third kappa shape index (κ3) is 7.30. The van der Waals surface area contributed by atoms with E-state index in [-0.39, 0.29) is 24.0 Å². The first kappa shape index (κ1) is 19.9. The van der Waals surface area contributed by atoms with Crippen LogP contribution in [0.3, 0.4) is 0 Å². The summed E-state index contributed by atoms with van der Waals surface area (Å²) in [6.07, 6.45) is 3.85. The molecule has 2 rings (SSSR count). The number of nitrogens with one attached hydrogen (secondary N) is 2. The largest absolute Gasteiger partial charge is 0.356 e. The van der Waals surface area contributed by atoms with Crippen LogP contribution in [0.4, 0.5) is 0 Å². The van der Waals surface area contributed by atoms with Crippen LogP contribution in [0.5, 0.6) is 0 Å². The van der Waals surface area contributed by atoms with Gasteiger partial charge in [-0.15, -0.1) is 35.3 Å². The van der Waals surface area contributed by atoms with Gasteiger partial charge in [0.15, 0.2) is 5.96 Å². The summed E-state index contributed by atoms with van der Waals surface area (Å²) in [6.45, 7) is 5.91. The fourth-order valence-electron chi connectivity index (χ4n) is 2.11. The molecule has 1 heterocycles. The van der Waals surface area contributed by atoms with Crippen molar-refractivity contribution in [1.82, 2.24) is 15.6 Å². The Bertz CT molecular complexity index is 607. The molecule has 126 valence electrons. The first-order valence-electron chi connectivity index (χ1n) is 7.59. The maximum absolute atomic E-state index is 4.37. The summed E-state index contributed by atoms with van der Waals surface area (Å²) >= 11 is 1.75. The van der Waals surface area contributed by atoms with Gasteiger partial charge in [0.2, 0.25) is 0 Å². The minimum Gasteiger partial charge on any atom is -0.356 e. The number of aliphatic imine (C=N–C) groups is 1. The summed E-state index contributed by atoms with van der Waals surface area (Å²) in [6, 6.07) is 8.66. The summed E-state index contributed by atoms with van der Waals surface area (Å²) < 4.78 is 0. The van der Waals surface area contributed by atoms with Crippen LogP contribution in [0.15, 0.2) is 35.5 Å². The molecule has 0 radical (unpaired) electrons. The number of hydrogen-bond donors (Lipinski definition) is 2. The van der Waals surface area contributed by atoms with Crippen LogP contribution < -0.4 is 10.6 Å². The molecule has 2 N–H and O–H groups in total. The first-order chi connectivity index (χ1) is 10.7. The molecule has 0 unspecified atom stereocenters. The normalized spacial score (nSPS) is 11.0. The standard InChI is InChI=1S/C17H24N4S.HI/c1-13-4-6-15(7-5-13)8-10-19-17(18-3)20-11-9-16-21-12-14(2)22-16;/h4-7,12H,8-11H2,1-3H3,(H2,18,19,20);1H. The van der Waals surface area contributed by atoms with Crippen molar-refractivity contribution in [3.05, 3.63) is 51.5 Å². The maximum atomic E-state index is 4.37. The van der Waals surface area contributed by atoms with Crippen molar-refractivity contribution in [3.8, 4) is 0 Å². The average molecular weight is 444 g/mol. The average Bonchev–Trinajstić information content (AvgIpc) is 2.93. The van der Waals surface area contributed by atoms with Gasteiger partial charge >= 0.3 is 0 Å². The second-order valence-corrected chi connectivity index (χ2v) is 6.60. The molecule has 2 aromatic rings. The minimum absolute atomic E-state index is 0. The number of benzene rings is 1. The van der Waals surface area contributed by atoms with E-state index in [9.17, 15) is 0 Å². The lowest BCUT2D eigenvalue weighted by Gasteiger charge is -2.11. The Morgan fingerprint density at radius 3 is 2.30 bits per heavy atom. The van der Waals surface area contributed by atoms with Crippen LogP contribution in [0.25, 0.3) is 0 Å². The Hall–Kier alpha value is -1.15. The highest BCUT2D eigenvalue weighted by Gasteiger charge is 2.01. The van der Waals surface area contributed by atoms with Gasteiger partial charge < -0.3 is 10.6 Å². The number of rotatable bonds is 6. The van der Waals surface area contributed by atoms with E-state index in [0.717, 1.165) is 31.9 Å². The highest BCUT2D eigenvalue weighted by molar-refractivity contribution is 14.0. The number of guanidine groups is 1. The maximum Gasteiger partial charge on any atom is 0.191 e. The second-order valence-electron chi connectivity index (χ2n) is 5.28. The van der Waals surface area contributed by atoms with Crippen molar-refractivity contribution in [1.29, 1.82) is 0 Å². The molecule has 1 aromatic heterocycles. The zero-order valence-corrected chi connectivity index (χ0v) is 17.1. The smallest absolute Gasteiger partial charge is 0.191 e. The van der Waals surface area contributed by atoms with E-state index in [1.54, 1.807) is 18.4 Å². The Labute approximate surface area is 159 Å². The van der Waals surface area contributed by atoms with E-state index in [0.29, 0.717) is 0 Å². The summed E-state index contributed by atoms with van der Waals surface area (Å²) in [4.78, 5) is 9.87. The van der Waals surface area contributed by atoms with Gasteiger partial charge in [-0.05, 0) is 25.8 Å². The number of hydrogen-bond acceptors (Lipinski definition) is 3. The molecular weight excluding hydrogens is 419 g/mol. The molecule has 0 aliphatic rings. The van der Waals surface area contributed by atoms with E-state index in [1.165, 1.54) is 21.0 Å². The highest BCUT2D eigenvalue weighted by Crippen LogP contribution is 2.10. The lowest BCUT2D eigenvalue weighted by Crippen LogP contribution is -2.39. The summed E-state index contributed by atoms with van der Waals surface area (Å²) in [5.41, 5.74) is 2.64. The van der Waals surface area contributed by atoms with Crippen LogP contribution in [0.1, 0.15) is 21.0 Å². The SMILES string of the molecule is CN=C(NCCc1ccc(C)cc1)NCCc1ncc(C)s1.I. The predicted molar refractivity (Wildman–Crippen MR) is 110 cm³/mol. The fraction of sp³-hybridized carbons (Fsp3) is 0.412. The Kier molecular flexibility index (Phi) is 9.16. The molecule has 0 saturated heterocycles. The number of aryl methyl sites for hydroxylation is 2. The number of halogens is 1. The predicted octanol–water partition coefficient (Wildman–Crippen LogP) is 3.33. The van der Waals surface area contributed by atoms with Crippen molar-refractivity contribution in [2.45, 2.75) is 26.7 Å². The Morgan fingerprint density at radius 1 is 1.09 bits per heavy atom. The van der Waals surface area contributed by atoms with Crippen LogP contribution in [0, 0.1) is 13.8 Å². The number of thiazole rings is 1. The molecule has 0 aliphatic carbocycles. The van der Waals surface area contributed by atoms with Crippen molar-refractivity contribution in [3.63, 3.8) is 0 Å². The van der Waals surface area contributed by atoms with E-state index in [4.69, 9.17) is 0 Å². The van der Waals surface area contributed by atoms with Crippen molar-refractivity contribution >= 4 is 41.3 Å². The highest BCUT2D eigenvalue weighted by atomic mass is 127. The monoisotopic (exact) mass is 444 g/mol. The van der Waals surface area contributed by atoms with Gasteiger partial charge in [0.1, 0.15) is 0 Å². The van der Waals surface area contributed by atoms with E-state index in [1.807, 2.05) is 6.20 Å². The van der Waals surface area contributed by atoms with E-state index in [2.05, 4.69) is 58.7 Å². The van der Waals surface area contributed by atoms with Crippen LogP contribution in [-0.4, -0.2) is 31.1 Å². The molecular formula is C17H25IN4S. The Balaban J connectivity index is 0.00000264. The zero-order valence-electron chi connectivity index (χ0n) is 13.9. The van der Waals surface area contributed by atoms with E-state index < -0.39 is 0 Å². The third-order valence-corrected chi connectivity index (χ3v) is 4.32. The zero-order chi connectivity index (χ0) is 15.8. The molecule has 0 amide bonds. The molecule has 0 spiro atoms. The molecule has 0 saturated carbocycles. The van der Waals surface area contributed by atoms with Crippen molar-refractivity contribution in [2.24, 2.45) is 4.99 Å². The van der Waals surface area contributed by atoms with Gasteiger partial charge in [0.05, 0.1) is 5.01 Å². The molecule has 0 bridgehead atoms. The molecule has 0 fully saturated rings. The van der Waals surface area contributed by atoms with Crippen LogP contribution >= 0.6 is 35.3 Å². The fourth-order valence-corrected chi connectivity index (χ4v) is 2.89. The molecule has 6 heteroatoms. The van der Waals surface area contributed by atoms with Gasteiger partial charge in [0.25, 0.3) is 0 Å². The molecule has 1 aromatic carbocycles. The molecule has 0 atom stereocenters. The molecule has 4 nitrogen and oxygen atoms in total. The minimum atomic E-state index is 0. The molecule has 0 aliphatic heterocycles. The van der Waals surface area contributed by atoms with Crippen molar-refractivity contribution in [2.75, 3.05) is 20.1 Å². The quantitative estimate of drug-likeness (QED) is 0.408. The van der Waals surface area contributed by atoms with Crippen molar-refractivity contribution < 1.29 is 0 Å². The lowest BCUT2D eigenvalue weighted by atomic mass is 10.1. The summed E-state index contributed by atoms with van der Waals surface area (Å²) in [7, 11) is 1.80. The Morgan fingerprint density at radius 2 is 1.74 bits per heavy atom. The second kappa shape index (κ2) is 10.6. The summed E-state index contributed by atoms with van der Waals surface area (Å²) in [5, 5.41) is 7.84. The number of nitrogens with zero attached hydrogens (tertiary/aromatic N) is 2. The van der Waals surface area contributed by atoms with Gasteiger partial charge in [-0.1, -0.05) is 29.8 Å². The van der Waals surface area contributed by atoms with Gasteiger partial charge in [-0.2, -0.15) is 0 Å². The van der Waals surface area contributed by atoms with E-state index >= 15 is 0 Å². The first-order valence-corrected chi connectivity index (χ1v) is 8.40. The van der Waals surface area contributed by atoms with Gasteiger partial charge in [0, 0.05) is 37.6 Å². The lowest BCUT2D eigenvalue weighted by molar-refractivity contribution is 0.782. The summed E-state index contributed by atoms with van der Waals surface area (Å²) in [5.74, 6) is 0.848. The topological polar surface area (TPSA) is 49.3 Å². The van der Waals surface area contributed by atoms with Gasteiger partial charge in [-0.3, -0.25) is 4.99 Å². The number of aromatic nitrogens is 1. The van der Waals surface area contributed by atoms with Gasteiger partial charge in [-0.25, -0.2) is 4.98 Å². The van der Waals surface area contributed by atoms with Crippen LogP contribution in [-0.2, 0) is 12.8 Å².